The molecule has 0 aliphatic rings. The highest BCUT2D eigenvalue weighted by Crippen LogP contribution is 2.35. The predicted molar refractivity (Wildman–Crippen MR) is 96.0 cm³/mol. The third-order valence-corrected chi connectivity index (χ3v) is 5.57. The lowest BCUT2D eigenvalue weighted by Crippen LogP contribution is -2.36. The van der Waals surface area contributed by atoms with Gasteiger partial charge in [0.25, 0.3) is 10.0 Å². The van der Waals surface area contributed by atoms with Crippen molar-refractivity contribution < 1.29 is 22.7 Å². The lowest BCUT2D eigenvalue weighted by atomic mass is 10.3. The van der Waals surface area contributed by atoms with E-state index in [-0.39, 0.29) is 21.4 Å². The fraction of sp³-hybridized carbons (Fsp3) is 0.188. The zero-order valence-corrected chi connectivity index (χ0v) is 15.7. The summed E-state index contributed by atoms with van der Waals surface area (Å²) in [6.45, 7) is -0.543. The summed E-state index contributed by atoms with van der Waals surface area (Å²) in [5.41, 5.74) is 0.121. The molecule has 0 spiro atoms. The molecule has 134 valence electrons. The summed E-state index contributed by atoms with van der Waals surface area (Å²) in [7, 11) is -1.53. The van der Waals surface area contributed by atoms with E-state index in [4.69, 9.17) is 27.9 Å². The molecular formula is C16H15Cl2NO5S. The Kier molecular flexibility index (Phi) is 6.16. The lowest BCUT2D eigenvalue weighted by Gasteiger charge is -2.25. The van der Waals surface area contributed by atoms with E-state index < -0.39 is 22.5 Å². The molecular weight excluding hydrogens is 389 g/mol. The molecule has 0 radical (unpaired) electrons. The fourth-order valence-electron chi connectivity index (χ4n) is 2.07. The molecule has 2 aromatic rings. The van der Waals surface area contributed by atoms with Gasteiger partial charge in [-0.05, 0) is 42.5 Å². The number of carbonyl (C=O) groups excluding carboxylic acids is 1. The van der Waals surface area contributed by atoms with Crippen molar-refractivity contribution in [2.45, 2.75) is 4.90 Å². The van der Waals surface area contributed by atoms with Crippen LogP contribution in [0.1, 0.15) is 0 Å². The van der Waals surface area contributed by atoms with Crippen LogP contribution in [0.3, 0.4) is 0 Å². The van der Waals surface area contributed by atoms with E-state index in [1.807, 2.05) is 0 Å². The summed E-state index contributed by atoms with van der Waals surface area (Å²) >= 11 is 11.8. The normalized spacial score (nSPS) is 11.0. The average Bonchev–Trinajstić information content (AvgIpc) is 2.59. The monoisotopic (exact) mass is 403 g/mol. The molecule has 0 fully saturated rings. The van der Waals surface area contributed by atoms with Crippen molar-refractivity contribution in [1.29, 1.82) is 0 Å². The minimum Gasteiger partial charge on any atom is -0.495 e. The lowest BCUT2D eigenvalue weighted by molar-refractivity contribution is -0.138. The van der Waals surface area contributed by atoms with Gasteiger partial charge in [0.05, 0.1) is 24.8 Å². The quantitative estimate of drug-likeness (QED) is 0.691. The minimum absolute atomic E-state index is 0.0390. The number of rotatable bonds is 6. The van der Waals surface area contributed by atoms with Crippen molar-refractivity contribution in [3.05, 3.63) is 52.5 Å². The third-order valence-electron chi connectivity index (χ3n) is 3.31. The van der Waals surface area contributed by atoms with Crippen molar-refractivity contribution in [2.24, 2.45) is 0 Å². The summed E-state index contributed by atoms with van der Waals surface area (Å²) < 4.78 is 36.8. The summed E-state index contributed by atoms with van der Waals surface area (Å²) in [5, 5.41) is 0.677. The molecule has 0 amide bonds. The highest BCUT2D eigenvalue weighted by atomic mass is 35.5. The number of sulfonamides is 1. The Labute approximate surface area is 155 Å². The van der Waals surface area contributed by atoms with E-state index in [0.717, 1.165) is 4.31 Å². The molecule has 2 rings (SSSR count). The zero-order chi connectivity index (χ0) is 18.6. The second kappa shape index (κ2) is 7.95. The zero-order valence-electron chi connectivity index (χ0n) is 13.4. The second-order valence-electron chi connectivity index (χ2n) is 4.86. The number of halogens is 2. The Morgan fingerprint density at radius 1 is 1.04 bits per heavy atom. The number of carbonyl (C=O) groups is 1. The van der Waals surface area contributed by atoms with E-state index >= 15 is 0 Å². The van der Waals surface area contributed by atoms with Gasteiger partial charge in [0, 0.05) is 10.0 Å². The van der Waals surface area contributed by atoms with E-state index in [9.17, 15) is 13.2 Å². The van der Waals surface area contributed by atoms with Gasteiger partial charge in [-0.2, -0.15) is 0 Å². The first-order valence-corrected chi connectivity index (χ1v) is 9.18. The van der Waals surface area contributed by atoms with Crippen molar-refractivity contribution >= 4 is 44.9 Å². The van der Waals surface area contributed by atoms with Crippen LogP contribution in [0.5, 0.6) is 5.75 Å². The van der Waals surface area contributed by atoms with Gasteiger partial charge in [-0.1, -0.05) is 23.2 Å². The number of nitrogens with zero attached hydrogens (tertiary/aromatic N) is 1. The maximum Gasteiger partial charge on any atom is 0.326 e. The Bertz CT molecular complexity index is 869. The van der Waals surface area contributed by atoms with Crippen LogP contribution in [0.2, 0.25) is 10.0 Å². The molecule has 9 heteroatoms. The largest absolute Gasteiger partial charge is 0.495 e. The smallest absolute Gasteiger partial charge is 0.326 e. The molecule has 2 aromatic carbocycles. The minimum atomic E-state index is -4.09. The number of hydrogen-bond donors (Lipinski definition) is 0. The summed E-state index contributed by atoms with van der Waals surface area (Å²) in [4.78, 5) is 11.7. The molecule has 0 N–H and O–H groups in total. The number of hydrogen-bond acceptors (Lipinski definition) is 5. The van der Waals surface area contributed by atoms with Crippen LogP contribution < -0.4 is 9.04 Å². The summed E-state index contributed by atoms with van der Waals surface area (Å²) in [6.07, 6.45) is 0. The number of benzene rings is 2. The van der Waals surface area contributed by atoms with Crippen molar-refractivity contribution in [3.63, 3.8) is 0 Å². The van der Waals surface area contributed by atoms with Gasteiger partial charge in [0.1, 0.15) is 12.3 Å². The molecule has 0 aliphatic carbocycles. The molecule has 0 heterocycles. The molecule has 6 nitrogen and oxygen atoms in total. The van der Waals surface area contributed by atoms with Crippen LogP contribution in [0, 0.1) is 0 Å². The van der Waals surface area contributed by atoms with E-state index in [1.165, 1.54) is 50.6 Å². The Balaban J connectivity index is 2.62. The topological polar surface area (TPSA) is 72.9 Å². The van der Waals surface area contributed by atoms with Crippen LogP contribution in [0.15, 0.2) is 47.4 Å². The Hall–Kier alpha value is -1.96. The molecule has 0 saturated heterocycles. The number of esters is 1. The number of anilines is 1. The van der Waals surface area contributed by atoms with Crippen LogP contribution in [0.25, 0.3) is 0 Å². The molecule has 0 aliphatic heterocycles. The van der Waals surface area contributed by atoms with Gasteiger partial charge in [-0.25, -0.2) is 8.42 Å². The van der Waals surface area contributed by atoms with E-state index in [0.29, 0.717) is 5.02 Å². The number of methoxy groups -OCH3 is 2. The van der Waals surface area contributed by atoms with E-state index in [1.54, 1.807) is 6.07 Å². The first-order valence-electron chi connectivity index (χ1n) is 6.98. The highest BCUT2D eigenvalue weighted by Gasteiger charge is 2.30. The van der Waals surface area contributed by atoms with Crippen LogP contribution in [0.4, 0.5) is 5.69 Å². The van der Waals surface area contributed by atoms with Gasteiger partial charge in [0.2, 0.25) is 0 Å². The third kappa shape index (κ3) is 4.36. The molecule has 25 heavy (non-hydrogen) atoms. The van der Waals surface area contributed by atoms with Gasteiger partial charge in [-0.15, -0.1) is 0 Å². The first-order chi connectivity index (χ1) is 11.8. The molecule has 0 atom stereocenters. The van der Waals surface area contributed by atoms with Crippen molar-refractivity contribution in [2.75, 3.05) is 25.1 Å². The van der Waals surface area contributed by atoms with Gasteiger partial charge >= 0.3 is 5.97 Å². The molecule has 0 saturated carbocycles. The second-order valence-corrected chi connectivity index (χ2v) is 7.59. The summed E-state index contributed by atoms with van der Waals surface area (Å²) in [5.74, 6) is -0.495. The molecule has 0 bridgehead atoms. The van der Waals surface area contributed by atoms with Gasteiger partial charge in [0.15, 0.2) is 0 Å². The predicted octanol–water partition coefficient (Wildman–Crippen LogP) is 3.37. The standard InChI is InChI=1S/C16H15Cl2NO5S/c1-23-15-8-5-12(18)9-14(15)19(10-16(20)24-2)25(21,22)13-6-3-11(17)4-7-13/h3-9H,10H2,1-2H3. The highest BCUT2D eigenvalue weighted by molar-refractivity contribution is 7.92. The van der Waals surface area contributed by atoms with Crippen LogP contribution in [-0.4, -0.2) is 35.2 Å². The van der Waals surface area contributed by atoms with Crippen LogP contribution in [-0.2, 0) is 19.6 Å². The molecule has 0 unspecified atom stereocenters. The summed E-state index contributed by atoms with van der Waals surface area (Å²) in [6, 6.07) is 10.0. The van der Waals surface area contributed by atoms with Crippen LogP contribution >= 0.6 is 23.2 Å². The SMILES string of the molecule is COC(=O)CN(c1cc(Cl)ccc1OC)S(=O)(=O)c1ccc(Cl)cc1. The van der Waals surface area contributed by atoms with Crippen molar-refractivity contribution in [1.82, 2.24) is 0 Å². The van der Waals surface area contributed by atoms with Gasteiger partial charge in [-0.3, -0.25) is 9.10 Å². The average molecular weight is 404 g/mol. The van der Waals surface area contributed by atoms with E-state index in [2.05, 4.69) is 4.74 Å². The van der Waals surface area contributed by atoms with Gasteiger partial charge < -0.3 is 9.47 Å². The maximum atomic E-state index is 13.1. The Morgan fingerprint density at radius 3 is 2.20 bits per heavy atom. The fourth-order valence-corrected chi connectivity index (χ4v) is 3.78. The maximum absolute atomic E-state index is 13.1. The van der Waals surface area contributed by atoms with Crippen molar-refractivity contribution in [3.8, 4) is 5.75 Å². The number of ether oxygens (including phenoxy) is 2. The Morgan fingerprint density at radius 2 is 1.64 bits per heavy atom. The first kappa shape index (κ1) is 19.4. The molecule has 0 aromatic heterocycles.